The number of ether oxygens (including phenoxy) is 1. The van der Waals surface area contributed by atoms with Gasteiger partial charge >= 0.3 is 0 Å². The summed E-state index contributed by atoms with van der Waals surface area (Å²) in [5.41, 5.74) is 0.942. The van der Waals surface area contributed by atoms with Gasteiger partial charge in [0.25, 0.3) is 5.91 Å². The number of methoxy groups -OCH3 is 1. The molecule has 4 heterocycles. The summed E-state index contributed by atoms with van der Waals surface area (Å²) < 4.78 is 5.52. The van der Waals surface area contributed by atoms with Crippen LogP contribution in [0, 0.1) is 0 Å². The molecule has 0 aliphatic carbocycles. The minimum atomic E-state index is -0.285. The third-order valence-corrected chi connectivity index (χ3v) is 9.72. The number of nitrogens with one attached hydrogen (secondary N) is 1. The molecule has 0 radical (unpaired) electrons. The number of anilines is 3. The van der Waals surface area contributed by atoms with Crippen molar-refractivity contribution in [1.82, 2.24) is 19.9 Å². The standard InChI is InChI=1S/C20H18I3N7O2/c1-32-16-6-5-12(8-25-16)19(31)28-13-9-26-20(27-10-13)29-11-14(21)30(18(23)17(29)22)15-4-2-3-7-24-15/h2-10,14,17-18H,11H2,1H3,(H,28,31). The average molecular weight is 769 g/mol. The fraction of sp³-hybridized carbons (Fsp3) is 0.250. The quantitative estimate of drug-likeness (QED) is 0.236. The van der Waals surface area contributed by atoms with Crippen molar-refractivity contribution in [2.75, 3.05) is 28.8 Å². The summed E-state index contributed by atoms with van der Waals surface area (Å²) in [5.74, 6) is 1.75. The highest BCUT2D eigenvalue weighted by Gasteiger charge is 2.40. The Balaban J connectivity index is 1.45. The topological polar surface area (TPSA) is 96.4 Å². The van der Waals surface area contributed by atoms with Crippen LogP contribution in [-0.4, -0.2) is 51.6 Å². The summed E-state index contributed by atoms with van der Waals surface area (Å²) in [5, 5.41) is 2.80. The number of halogens is 3. The van der Waals surface area contributed by atoms with Crippen LogP contribution in [-0.2, 0) is 0 Å². The molecule has 3 aromatic rings. The van der Waals surface area contributed by atoms with E-state index in [2.05, 4.69) is 103 Å². The van der Waals surface area contributed by atoms with Crippen molar-refractivity contribution in [3.05, 3.63) is 60.7 Å². The van der Waals surface area contributed by atoms with Crippen molar-refractivity contribution in [3.8, 4) is 5.88 Å². The fourth-order valence-corrected chi connectivity index (χ4v) is 6.68. The molecular weight excluding hydrogens is 751 g/mol. The highest BCUT2D eigenvalue weighted by Crippen LogP contribution is 2.37. The number of piperazine rings is 1. The van der Waals surface area contributed by atoms with E-state index in [1.807, 2.05) is 24.4 Å². The number of hydrogen-bond acceptors (Lipinski definition) is 8. The second kappa shape index (κ2) is 10.6. The van der Waals surface area contributed by atoms with E-state index in [1.54, 1.807) is 24.5 Å². The van der Waals surface area contributed by atoms with Crippen molar-refractivity contribution in [2.24, 2.45) is 0 Å². The lowest BCUT2D eigenvalue weighted by atomic mass is 10.2. The van der Waals surface area contributed by atoms with Gasteiger partial charge in [-0.15, -0.1) is 0 Å². The lowest BCUT2D eigenvalue weighted by Gasteiger charge is -2.46. The van der Waals surface area contributed by atoms with Crippen molar-refractivity contribution >= 4 is 91.1 Å². The van der Waals surface area contributed by atoms with Crippen LogP contribution in [0.2, 0.25) is 0 Å². The SMILES string of the molecule is COc1ccc(C(=O)Nc2cnc(N3CC(I)N(c4ccccn4)C(I)C3I)nc2)cn1. The predicted molar refractivity (Wildman–Crippen MR) is 148 cm³/mol. The van der Waals surface area contributed by atoms with E-state index in [9.17, 15) is 4.79 Å². The molecule has 0 saturated carbocycles. The van der Waals surface area contributed by atoms with E-state index in [0.717, 1.165) is 12.4 Å². The van der Waals surface area contributed by atoms with Crippen LogP contribution in [0.15, 0.2) is 55.1 Å². The third-order valence-electron chi connectivity index (χ3n) is 4.71. The highest BCUT2D eigenvalue weighted by atomic mass is 127. The van der Waals surface area contributed by atoms with E-state index in [0.29, 0.717) is 23.1 Å². The Labute approximate surface area is 226 Å². The van der Waals surface area contributed by atoms with Gasteiger partial charge in [-0.2, -0.15) is 0 Å². The van der Waals surface area contributed by atoms with Gasteiger partial charge in [0.2, 0.25) is 11.8 Å². The molecule has 166 valence electrons. The fourth-order valence-electron chi connectivity index (χ4n) is 3.13. The first-order valence-electron chi connectivity index (χ1n) is 9.49. The van der Waals surface area contributed by atoms with Crippen molar-refractivity contribution in [1.29, 1.82) is 0 Å². The molecule has 3 unspecified atom stereocenters. The molecular formula is C20H18I3N7O2. The molecule has 1 aliphatic rings. The van der Waals surface area contributed by atoms with Gasteiger partial charge in [-0.05, 0) is 18.2 Å². The summed E-state index contributed by atoms with van der Waals surface area (Å²) in [6, 6.07) is 9.25. The summed E-state index contributed by atoms with van der Waals surface area (Å²) in [7, 11) is 1.53. The second-order valence-electron chi connectivity index (χ2n) is 6.74. The smallest absolute Gasteiger partial charge is 0.257 e. The lowest BCUT2D eigenvalue weighted by molar-refractivity contribution is 0.102. The highest BCUT2D eigenvalue weighted by molar-refractivity contribution is 14.1. The Bertz CT molecular complexity index is 1060. The molecule has 12 heteroatoms. The number of aromatic nitrogens is 4. The summed E-state index contributed by atoms with van der Waals surface area (Å²) in [6.07, 6.45) is 6.52. The molecule has 1 N–H and O–H groups in total. The average Bonchev–Trinajstić information content (AvgIpc) is 2.83. The van der Waals surface area contributed by atoms with Crippen LogP contribution in [0.5, 0.6) is 5.88 Å². The van der Waals surface area contributed by atoms with Gasteiger partial charge in [0.05, 0.1) is 37.3 Å². The van der Waals surface area contributed by atoms with E-state index in [-0.39, 0.29) is 18.1 Å². The van der Waals surface area contributed by atoms with E-state index in [4.69, 9.17) is 4.74 Å². The summed E-state index contributed by atoms with van der Waals surface area (Å²) >= 11 is 7.30. The van der Waals surface area contributed by atoms with Crippen LogP contribution < -0.4 is 19.9 Å². The van der Waals surface area contributed by atoms with E-state index in [1.165, 1.54) is 13.3 Å². The van der Waals surface area contributed by atoms with Gasteiger partial charge in [0.15, 0.2) is 0 Å². The number of carbonyl (C=O) groups is 1. The number of nitrogens with zero attached hydrogens (tertiary/aromatic N) is 6. The molecule has 1 aliphatic heterocycles. The molecule has 3 atom stereocenters. The van der Waals surface area contributed by atoms with E-state index < -0.39 is 0 Å². The monoisotopic (exact) mass is 769 g/mol. The van der Waals surface area contributed by atoms with Gasteiger partial charge in [-0.25, -0.2) is 19.9 Å². The maximum absolute atomic E-state index is 12.4. The minimum absolute atomic E-state index is 0.132. The van der Waals surface area contributed by atoms with Crippen LogP contribution >= 0.6 is 67.8 Å². The summed E-state index contributed by atoms with van der Waals surface area (Å²) in [4.78, 5) is 34.5. The zero-order valence-electron chi connectivity index (χ0n) is 16.8. The van der Waals surface area contributed by atoms with Gasteiger partial charge in [-0.3, -0.25) is 4.79 Å². The van der Waals surface area contributed by atoms with Crippen LogP contribution in [0.1, 0.15) is 10.4 Å². The molecule has 32 heavy (non-hydrogen) atoms. The number of pyridine rings is 2. The first kappa shape index (κ1) is 23.6. The van der Waals surface area contributed by atoms with Gasteiger partial charge in [-0.1, -0.05) is 73.8 Å². The second-order valence-corrected chi connectivity index (χ2v) is 10.7. The van der Waals surface area contributed by atoms with Gasteiger partial charge < -0.3 is 19.9 Å². The molecule has 0 spiro atoms. The van der Waals surface area contributed by atoms with Crippen LogP contribution in [0.4, 0.5) is 17.5 Å². The van der Waals surface area contributed by atoms with E-state index >= 15 is 0 Å². The first-order valence-corrected chi connectivity index (χ1v) is 13.2. The Morgan fingerprint density at radius 1 is 1.03 bits per heavy atom. The first-order chi connectivity index (χ1) is 15.5. The zero-order valence-corrected chi connectivity index (χ0v) is 23.2. The minimum Gasteiger partial charge on any atom is -0.481 e. The Kier molecular flexibility index (Phi) is 7.80. The number of amides is 1. The molecule has 9 nitrogen and oxygen atoms in total. The zero-order chi connectivity index (χ0) is 22.7. The summed E-state index contributed by atoms with van der Waals surface area (Å²) in [6.45, 7) is 0.744. The van der Waals surface area contributed by atoms with Crippen molar-refractivity contribution in [3.63, 3.8) is 0 Å². The molecule has 0 aromatic carbocycles. The normalized spacial score (nSPS) is 20.7. The predicted octanol–water partition coefficient (Wildman–Crippen LogP) is 4.14. The number of alkyl halides is 3. The molecule has 1 fully saturated rings. The molecule has 1 saturated heterocycles. The maximum atomic E-state index is 12.4. The number of hydrogen-bond donors (Lipinski definition) is 1. The molecule has 0 bridgehead atoms. The van der Waals surface area contributed by atoms with Crippen LogP contribution in [0.25, 0.3) is 0 Å². The van der Waals surface area contributed by atoms with Gasteiger partial charge in [0, 0.05) is 18.5 Å². The maximum Gasteiger partial charge on any atom is 0.257 e. The van der Waals surface area contributed by atoms with Crippen LogP contribution in [0.3, 0.4) is 0 Å². The molecule has 1 amide bonds. The van der Waals surface area contributed by atoms with Crippen molar-refractivity contribution < 1.29 is 9.53 Å². The van der Waals surface area contributed by atoms with Gasteiger partial charge in [0.1, 0.15) is 18.0 Å². The molecule has 4 rings (SSSR count). The third kappa shape index (κ3) is 5.16. The Hall–Kier alpha value is -1.56. The van der Waals surface area contributed by atoms with Crippen molar-refractivity contribution in [2.45, 2.75) is 12.1 Å². The lowest BCUT2D eigenvalue weighted by Crippen LogP contribution is -2.59. The Morgan fingerprint density at radius 2 is 1.81 bits per heavy atom. The number of rotatable bonds is 5. The Morgan fingerprint density at radius 3 is 2.44 bits per heavy atom. The molecule has 3 aromatic heterocycles. The largest absolute Gasteiger partial charge is 0.481 e. The number of carbonyl (C=O) groups excluding carboxylic acids is 1.